The number of hydrogen-bond acceptors (Lipinski definition) is 4. The lowest BCUT2D eigenvalue weighted by Crippen LogP contribution is -2.27. The molecule has 1 aliphatic heterocycles. The van der Waals surface area contributed by atoms with Gasteiger partial charge in [-0.05, 0) is 36.9 Å². The summed E-state index contributed by atoms with van der Waals surface area (Å²) in [5.41, 5.74) is 2.41. The Morgan fingerprint density at radius 2 is 2.00 bits per heavy atom. The van der Waals surface area contributed by atoms with Crippen molar-refractivity contribution in [3.8, 4) is 5.75 Å². The van der Waals surface area contributed by atoms with Crippen LogP contribution in [0.3, 0.4) is 0 Å². The lowest BCUT2D eigenvalue weighted by atomic mass is 10.1. The van der Waals surface area contributed by atoms with Crippen molar-refractivity contribution in [2.24, 2.45) is 0 Å². The van der Waals surface area contributed by atoms with Crippen LogP contribution in [0.1, 0.15) is 22.3 Å². The first-order chi connectivity index (χ1) is 11.6. The lowest BCUT2D eigenvalue weighted by molar-refractivity contribution is -0.476. The van der Waals surface area contributed by atoms with E-state index in [2.05, 4.69) is 5.32 Å². The summed E-state index contributed by atoms with van der Waals surface area (Å²) < 4.78 is 6.20. The average Bonchev–Trinajstić information content (AvgIpc) is 2.91. The third-order valence-corrected chi connectivity index (χ3v) is 5.20. The van der Waals surface area contributed by atoms with Crippen LogP contribution in [0.4, 0.5) is 5.69 Å². The van der Waals surface area contributed by atoms with Crippen LogP contribution in [-0.2, 0) is 0 Å². The summed E-state index contributed by atoms with van der Waals surface area (Å²) in [5.74, 6) is 0.623. The molecule has 24 heavy (non-hydrogen) atoms. The van der Waals surface area contributed by atoms with Crippen LogP contribution < -0.4 is 10.1 Å². The van der Waals surface area contributed by atoms with Crippen LogP contribution in [0.25, 0.3) is 0 Å². The van der Waals surface area contributed by atoms with Gasteiger partial charge < -0.3 is 10.1 Å². The molecule has 1 N–H and O–H groups in total. The molecule has 0 bridgehead atoms. The fourth-order valence-corrected chi connectivity index (χ4v) is 3.74. The summed E-state index contributed by atoms with van der Waals surface area (Å²) in [7, 11) is 1.61. The van der Waals surface area contributed by atoms with Crippen LogP contribution in [0, 0.1) is 11.8 Å². The number of hydrogen-bond donors (Lipinski definition) is 1. The van der Waals surface area contributed by atoms with Gasteiger partial charge in [-0.1, -0.05) is 17.7 Å². The van der Waals surface area contributed by atoms with E-state index in [0.29, 0.717) is 24.2 Å². The summed E-state index contributed by atoms with van der Waals surface area (Å²) in [4.78, 5) is 25.3. The number of nitroso groups, excluding NO2 is 1. The number of fused-ring (bicyclic) bond motifs is 1. The summed E-state index contributed by atoms with van der Waals surface area (Å²) in [5, 5.41) is 2.64. The van der Waals surface area contributed by atoms with Crippen molar-refractivity contribution in [2.75, 3.05) is 13.7 Å². The van der Waals surface area contributed by atoms with Crippen molar-refractivity contribution in [2.45, 2.75) is 23.6 Å². The highest BCUT2D eigenvalue weighted by Crippen LogP contribution is 2.44. The molecular formula is C18H19N2O3S+. The van der Waals surface area contributed by atoms with E-state index in [9.17, 15) is 9.70 Å². The third kappa shape index (κ3) is 3.43. The number of aryl methyl sites for hydroxylation is 1. The molecule has 0 saturated carbocycles. The maximum absolute atomic E-state index is 12.3. The third-order valence-electron chi connectivity index (χ3n) is 3.92. The Hall–Kier alpha value is -2.34. The van der Waals surface area contributed by atoms with Crippen LogP contribution in [0.15, 0.2) is 47.4 Å². The highest BCUT2D eigenvalue weighted by molar-refractivity contribution is 8.00. The number of nitrogens with zero attached hydrogens (tertiary/aromatic N) is 1. The Balaban J connectivity index is 1.55. The molecule has 0 saturated heterocycles. The van der Waals surface area contributed by atoms with Gasteiger partial charge in [-0.2, -0.15) is 0 Å². The minimum Gasteiger partial charge on any atom is -0.497 e. The largest absolute Gasteiger partial charge is 0.497 e. The van der Waals surface area contributed by atoms with Crippen LogP contribution in [0.2, 0.25) is 0 Å². The number of ether oxygens (including phenoxy) is 1. The van der Waals surface area contributed by atoms with Crippen LogP contribution >= 0.6 is 11.8 Å². The van der Waals surface area contributed by atoms with Crippen molar-refractivity contribution >= 4 is 23.4 Å². The molecule has 1 unspecified atom stereocenters. The zero-order valence-electron chi connectivity index (χ0n) is 13.6. The van der Waals surface area contributed by atoms with Gasteiger partial charge in [0.25, 0.3) is 17.0 Å². The van der Waals surface area contributed by atoms with Gasteiger partial charge in [0, 0.05) is 35.6 Å². The lowest BCUT2D eigenvalue weighted by Gasteiger charge is -2.05. The van der Waals surface area contributed by atoms with E-state index in [0.717, 1.165) is 21.0 Å². The molecule has 1 heterocycles. The van der Waals surface area contributed by atoms with E-state index in [4.69, 9.17) is 4.74 Å². The molecule has 0 radical (unpaired) electrons. The molecule has 0 aliphatic carbocycles. The Morgan fingerprint density at radius 1 is 1.25 bits per heavy atom. The van der Waals surface area contributed by atoms with Crippen LogP contribution in [-0.4, -0.2) is 29.7 Å². The quantitative estimate of drug-likeness (QED) is 0.842. The molecule has 0 fully saturated rings. The fourth-order valence-electron chi connectivity index (χ4n) is 2.54. The molecule has 2 aromatic rings. The van der Waals surface area contributed by atoms with E-state index in [1.54, 1.807) is 31.4 Å². The monoisotopic (exact) mass is 343 g/mol. The predicted molar refractivity (Wildman–Crippen MR) is 94.1 cm³/mol. The van der Waals surface area contributed by atoms with Crippen LogP contribution in [0.5, 0.6) is 5.75 Å². The fraction of sp³-hybridized carbons (Fsp3) is 0.278. The molecular weight excluding hydrogens is 324 g/mol. The zero-order valence-corrected chi connectivity index (χ0v) is 14.4. The Labute approximate surface area is 145 Å². The Kier molecular flexibility index (Phi) is 4.85. The highest BCUT2D eigenvalue weighted by Gasteiger charge is 2.39. The molecule has 1 amide bonds. The van der Waals surface area contributed by atoms with E-state index < -0.39 is 0 Å². The van der Waals surface area contributed by atoms with Gasteiger partial charge in [0.15, 0.2) is 0 Å². The molecule has 0 spiro atoms. The van der Waals surface area contributed by atoms with Crippen molar-refractivity contribution in [3.05, 3.63) is 58.5 Å². The van der Waals surface area contributed by atoms with Gasteiger partial charge in [-0.15, -0.1) is 0 Å². The van der Waals surface area contributed by atoms with E-state index in [1.165, 1.54) is 11.8 Å². The first kappa shape index (κ1) is 16.5. The molecule has 5 nitrogen and oxygen atoms in total. The topological polar surface area (TPSA) is 58.4 Å². The van der Waals surface area contributed by atoms with Gasteiger partial charge in [-0.3, -0.25) is 4.79 Å². The summed E-state index contributed by atoms with van der Waals surface area (Å²) in [6.45, 7) is 2.43. The molecule has 0 aromatic heterocycles. The van der Waals surface area contributed by atoms with E-state index in [-0.39, 0.29) is 11.3 Å². The standard InChI is InChI=1S/C18H18N2O3S/c1-12-3-5-13(6-4-12)18(21)19-10-9-17-20(22)15-8-7-14(23-2)11-16(15)24-17/h3-8,11,17H,9-10H2,1-2H3/p+1. The number of nitrogens with one attached hydrogen (secondary N) is 1. The maximum atomic E-state index is 12.3. The summed E-state index contributed by atoms with van der Waals surface area (Å²) >= 11 is 1.51. The van der Waals surface area contributed by atoms with Crippen molar-refractivity contribution in [3.63, 3.8) is 0 Å². The van der Waals surface area contributed by atoms with Crippen molar-refractivity contribution in [1.29, 1.82) is 0 Å². The molecule has 1 aliphatic rings. The zero-order chi connectivity index (χ0) is 17.1. The van der Waals surface area contributed by atoms with E-state index >= 15 is 0 Å². The molecule has 3 rings (SSSR count). The molecule has 124 valence electrons. The Bertz CT molecular complexity index is 774. The second-order valence-corrected chi connectivity index (χ2v) is 6.86. The SMILES string of the molecule is COc1ccc2c(c1)SC(CCNC(=O)c1ccc(C)cc1)[N+]2=O. The summed E-state index contributed by atoms with van der Waals surface area (Å²) in [6, 6.07) is 12.9. The number of thioether (sulfide) groups is 1. The number of amides is 1. The molecule has 1 atom stereocenters. The van der Waals surface area contributed by atoms with Gasteiger partial charge in [0.2, 0.25) is 0 Å². The number of carbonyl (C=O) groups excluding carboxylic acids is 1. The van der Waals surface area contributed by atoms with Gasteiger partial charge >= 0.3 is 0 Å². The molecule has 2 aromatic carbocycles. The maximum Gasteiger partial charge on any atom is 0.271 e. The second-order valence-electron chi connectivity index (χ2n) is 5.64. The number of rotatable bonds is 5. The first-order valence-electron chi connectivity index (χ1n) is 7.74. The average molecular weight is 343 g/mol. The summed E-state index contributed by atoms with van der Waals surface area (Å²) in [6.07, 6.45) is 0.572. The van der Waals surface area contributed by atoms with Gasteiger partial charge in [0.1, 0.15) is 5.75 Å². The van der Waals surface area contributed by atoms with E-state index in [1.807, 2.05) is 25.1 Å². The second kappa shape index (κ2) is 7.05. The first-order valence-corrected chi connectivity index (χ1v) is 8.62. The van der Waals surface area contributed by atoms with Gasteiger partial charge in [0.05, 0.1) is 16.8 Å². The molecule has 6 heteroatoms. The predicted octanol–water partition coefficient (Wildman–Crippen LogP) is 3.67. The number of methoxy groups -OCH3 is 1. The normalized spacial score (nSPS) is 15.9. The Morgan fingerprint density at radius 3 is 2.71 bits per heavy atom. The van der Waals surface area contributed by atoms with Crippen molar-refractivity contribution < 1.29 is 14.3 Å². The van der Waals surface area contributed by atoms with Crippen molar-refractivity contribution in [1.82, 2.24) is 5.32 Å². The number of carbonyl (C=O) groups is 1. The minimum atomic E-state index is -0.231. The minimum absolute atomic E-state index is 0.116. The number of benzene rings is 2. The smallest absolute Gasteiger partial charge is 0.271 e. The van der Waals surface area contributed by atoms with Gasteiger partial charge in [-0.25, -0.2) is 0 Å². The highest BCUT2D eigenvalue weighted by atomic mass is 32.2.